The van der Waals surface area contributed by atoms with Crippen molar-refractivity contribution in [1.29, 1.82) is 0 Å². The second-order valence-electron chi connectivity index (χ2n) is 8.65. The first-order chi connectivity index (χ1) is 17.3. The lowest BCUT2D eigenvalue weighted by molar-refractivity contribution is -0.0422. The number of carboxylic acid groups (broad SMARTS) is 1. The van der Waals surface area contributed by atoms with Crippen molar-refractivity contribution in [1.82, 2.24) is 14.8 Å². The highest BCUT2D eigenvalue weighted by Gasteiger charge is 2.38. The zero-order valence-electron chi connectivity index (χ0n) is 19.5. The SMILES string of the molecule is CC[C@@](O)(COC)c1c(-c2ccc(C(=O)O)cc2)c2c(F)c3[nH]ncc3cc2n1-c1ccc(F)cc1. The van der Waals surface area contributed by atoms with E-state index >= 15 is 4.39 Å². The second kappa shape index (κ2) is 8.85. The van der Waals surface area contributed by atoms with Crippen LogP contribution in [-0.4, -0.2) is 44.7 Å². The van der Waals surface area contributed by atoms with Crippen LogP contribution < -0.4 is 0 Å². The largest absolute Gasteiger partial charge is 0.478 e. The van der Waals surface area contributed by atoms with E-state index in [0.717, 1.165) is 0 Å². The van der Waals surface area contributed by atoms with Crippen molar-refractivity contribution in [3.05, 3.63) is 83.7 Å². The van der Waals surface area contributed by atoms with Crippen LogP contribution in [0.15, 0.2) is 60.8 Å². The number of hydrogen-bond acceptors (Lipinski definition) is 4. The predicted octanol–water partition coefficient (Wildman–Crippen LogP) is 5.39. The number of benzene rings is 3. The Morgan fingerprint density at radius 3 is 2.44 bits per heavy atom. The molecule has 0 unspecified atom stereocenters. The molecule has 0 amide bonds. The van der Waals surface area contributed by atoms with Crippen LogP contribution in [0.3, 0.4) is 0 Å². The molecule has 7 nitrogen and oxygen atoms in total. The molecule has 2 heterocycles. The van der Waals surface area contributed by atoms with Gasteiger partial charge in [-0.25, -0.2) is 13.6 Å². The van der Waals surface area contributed by atoms with Crippen molar-refractivity contribution >= 4 is 27.8 Å². The lowest BCUT2D eigenvalue weighted by atomic mass is 9.89. The molecule has 0 radical (unpaired) electrons. The summed E-state index contributed by atoms with van der Waals surface area (Å²) in [5.74, 6) is -2.10. The van der Waals surface area contributed by atoms with Crippen molar-refractivity contribution in [3.63, 3.8) is 0 Å². The highest BCUT2D eigenvalue weighted by molar-refractivity contribution is 6.06. The summed E-state index contributed by atoms with van der Waals surface area (Å²) in [5.41, 5.74) is 0.862. The van der Waals surface area contributed by atoms with E-state index in [-0.39, 0.29) is 29.5 Å². The lowest BCUT2D eigenvalue weighted by Gasteiger charge is -2.29. The van der Waals surface area contributed by atoms with E-state index in [0.29, 0.717) is 33.4 Å². The highest BCUT2D eigenvalue weighted by atomic mass is 19.1. The van der Waals surface area contributed by atoms with Gasteiger partial charge in [-0.05, 0) is 54.4 Å². The van der Waals surface area contributed by atoms with Gasteiger partial charge in [0.2, 0.25) is 0 Å². The summed E-state index contributed by atoms with van der Waals surface area (Å²) < 4.78 is 37.1. The molecule has 0 fully saturated rings. The molecule has 0 bridgehead atoms. The first-order valence-electron chi connectivity index (χ1n) is 11.3. The van der Waals surface area contributed by atoms with Crippen LogP contribution in [0.4, 0.5) is 8.78 Å². The van der Waals surface area contributed by atoms with E-state index in [1.54, 1.807) is 41.8 Å². The fourth-order valence-corrected chi connectivity index (χ4v) is 4.74. The fraction of sp³-hybridized carbons (Fsp3) is 0.185. The Labute approximate surface area is 204 Å². The van der Waals surface area contributed by atoms with Gasteiger partial charge in [-0.2, -0.15) is 5.10 Å². The monoisotopic (exact) mass is 491 g/mol. The number of ether oxygens (including phenoxy) is 1. The van der Waals surface area contributed by atoms with Gasteiger partial charge in [0.1, 0.15) is 16.9 Å². The molecule has 3 N–H and O–H groups in total. The van der Waals surface area contributed by atoms with Crippen molar-refractivity contribution in [2.75, 3.05) is 13.7 Å². The number of rotatable bonds is 7. The Kier molecular flexibility index (Phi) is 5.82. The maximum atomic E-state index is 16.2. The zero-order valence-corrected chi connectivity index (χ0v) is 19.5. The zero-order chi connectivity index (χ0) is 25.6. The van der Waals surface area contributed by atoms with Crippen molar-refractivity contribution < 1.29 is 28.5 Å². The highest BCUT2D eigenvalue weighted by Crippen LogP contribution is 2.45. The number of fused-ring (bicyclic) bond motifs is 2. The Morgan fingerprint density at radius 1 is 1.14 bits per heavy atom. The van der Waals surface area contributed by atoms with Crippen LogP contribution in [0.2, 0.25) is 0 Å². The van der Waals surface area contributed by atoms with Crippen molar-refractivity contribution in [3.8, 4) is 16.8 Å². The number of aliphatic hydroxyl groups is 1. The molecule has 2 aromatic heterocycles. The molecular formula is C27H23F2N3O4. The molecule has 5 rings (SSSR count). The van der Waals surface area contributed by atoms with Gasteiger partial charge >= 0.3 is 5.97 Å². The van der Waals surface area contributed by atoms with Crippen LogP contribution in [0, 0.1) is 11.6 Å². The Morgan fingerprint density at radius 2 is 1.83 bits per heavy atom. The Bertz CT molecular complexity index is 1590. The fourth-order valence-electron chi connectivity index (χ4n) is 4.74. The number of halogens is 2. The van der Waals surface area contributed by atoms with Gasteiger partial charge in [-0.15, -0.1) is 0 Å². The summed E-state index contributed by atoms with van der Waals surface area (Å²) in [6.45, 7) is 1.69. The van der Waals surface area contributed by atoms with Crippen LogP contribution in [-0.2, 0) is 10.3 Å². The number of carbonyl (C=O) groups is 1. The van der Waals surface area contributed by atoms with Gasteiger partial charge in [0.25, 0.3) is 0 Å². The van der Waals surface area contributed by atoms with E-state index in [4.69, 9.17) is 4.74 Å². The minimum atomic E-state index is -1.57. The molecule has 3 aromatic carbocycles. The average Bonchev–Trinajstić information content (AvgIpc) is 3.48. The molecule has 0 aliphatic rings. The molecule has 5 aromatic rings. The maximum Gasteiger partial charge on any atom is 0.335 e. The number of methoxy groups -OCH3 is 1. The first kappa shape index (κ1) is 23.7. The number of carboxylic acids is 1. The molecule has 0 aliphatic carbocycles. The van der Waals surface area contributed by atoms with Gasteiger partial charge in [-0.1, -0.05) is 19.1 Å². The number of aromatic nitrogens is 3. The van der Waals surface area contributed by atoms with Crippen LogP contribution in [0.25, 0.3) is 38.6 Å². The predicted molar refractivity (Wildman–Crippen MR) is 131 cm³/mol. The lowest BCUT2D eigenvalue weighted by Crippen LogP contribution is -2.33. The number of nitrogens with one attached hydrogen (secondary N) is 1. The van der Waals surface area contributed by atoms with Gasteiger partial charge in [0.05, 0.1) is 29.6 Å². The third kappa shape index (κ3) is 3.64. The molecular weight excluding hydrogens is 468 g/mol. The third-order valence-corrected chi connectivity index (χ3v) is 6.52. The summed E-state index contributed by atoms with van der Waals surface area (Å²) in [4.78, 5) is 11.4. The van der Waals surface area contributed by atoms with E-state index in [1.165, 1.54) is 37.6 Å². The summed E-state index contributed by atoms with van der Waals surface area (Å²) in [6, 6.07) is 13.5. The number of nitrogens with zero attached hydrogens (tertiary/aromatic N) is 2. The molecule has 0 spiro atoms. The normalized spacial score (nSPS) is 13.4. The maximum absolute atomic E-state index is 16.2. The summed E-state index contributed by atoms with van der Waals surface area (Å²) in [6.07, 6.45) is 1.72. The van der Waals surface area contributed by atoms with Crippen molar-refractivity contribution in [2.24, 2.45) is 0 Å². The molecule has 0 saturated carbocycles. The molecule has 36 heavy (non-hydrogen) atoms. The molecule has 1 atom stereocenters. The van der Waals surface area contributed by atoms with E-state index in [9.17, 15) is 19.4 Å². The summed E-state index contributed by atoms with van der Waals surface area (Å²) >= 11 is 0. The quantitative estimate of drug-likeness (QED) is 0.283. The smallest absolute Gasteiger partial charge is 0.335 e. The van der Waals surface area contributed by atoms with Gasteiger partial charge in [-0.3, -0.25) is 5.10 Å². The van der Waals surface area contributed by atoms with Crippen LogP contribution in [0.5, 0.6) is 0 Å². The van der Waals surface area contributed by atoms with Crippen molar-refractivity contribution in [2.45, 2.75) is 18.9 Å². The topological polar surface area (TPSA) is 100 Å². The first-order valence-corrected chi connectivity index (χ1v) is 11.3. The number of aromatic amines is 1. The van der Waals surface area contributed by atoms with Gasteiger partial charge in [0, 0.05) is 29.1 Å². The van der Waals surface area contributed by atoms with Crippen LogP contribution in [0.1, 0.15) is 29.4 Å². The van der Waals surface area contributed by atoms with Crippen LogP contribution >= 0.6 is 0 Å². The number of H-pyrrole nitrogens is 1. The average molecular weight is 491 g/mol. The standard InChI is InChI=1S/C27H23F2N3O4/c1-3-27(35,14-36-2)25-21(15-4-6-16(7-5-15)26(33)34)22-20(12-17-13-30-31-24(17)23(22)29)32(25)19-10-8-18(28)9-11-19/h4-13,35H,3,14H2,1-2H3,(H,30,31)(H,33,34)/t27-/m1/s1. The molecule has 0 aliphatic heterocycles. The van der Waals surface area contributed by atoms with Gasteiger partial charge in [0.15, 0.2) is 5.82 Å². The third-order valence-electron chi connectivity index (χ3n) is 6.52. The summed E-state index contributed by atoms with van der Waals surface area (Å²) in [5, 5.41) is 28.6. The van der Waals surface area contributed by atoms with E-state index < -0.39 is 23.2 Å². The second-order valence-corrected chi connectivity index (χ2v) is 8.65. The minimum Gasteiger partial charge on any atom is -0.478 e. The Balaban J connectivity index is 1.99. The molecule has 0 saturated heterocycles. The molecule has 9 heteroatoms. The van der Waals surface area contributed by atoms with E-state index in [2.05, 4.69) is 10.2 Å². The minimum absolute atomic E-state index is 0.0710. The number of hydrogen-bond donors (Lipinski definition) is 3. The van der Waals surface area contributed by atoms with Gasteiger partial charge < -0.3 is 19.5 Å². The number of aromatic carboxylic acids is 1. The molecule has 184 valence electrons. The summed E-state index contributed by atoms with van der Waals surface area (Å²) in [7, 11) is 1.46. The van der Waals surface area contributed by atoms with E-state index in [1.807, 2.05) is 0 Å². The Hall–Kier alpha value is -4.08.